The number of carbonyl (C=O) groups excluding carboxylic acids is 1. The van der Waals surface area contributed by atoms with Crippen molar-refractivity contribution < 1.29 is 13.6 Å². The van der Waals surface area contributed by atoms with Crippen molar-refractivity contribution in [1.29, 1.82) is 0 Å². The van der Waals surface area contributed by atoms with Crippen LogP contribution in [0, 0.1) is 11.7 Å². The minimum absolute atomic E-state index is 0.128. The fourth-order valence-electron chi connectivity index (χ4n) is 4.14. The molecule has 5 heteroatoms. The van der Waals surface area contributed by atoms with Gasteiger partial charge in [-0.25, -0.2) is 9.37 Å². The summed E-state index contributed by atoms with van der Waals surface area (Å²) in [4.78, 5) is 19.1. The number of nitrogens with zero attached hydrogens (tertiary/aromatic N) is 2. The van der Waals surface area contributed by atoms with Crippen molar-refractivity contribution in [2.75, 3.05) is 0 Å². The maximum Gasteiger partial charge on any atom is 0.276 e. The number of hydrogen-bond donors (Lipinski definition) is 0. The summed E-state index contributed by atoms with van der Waals surface area (Å²) < 4.78 is 19.4. The molecule has 2 aliphatic heterocycles. The molecule has 2 saturated heterocycles. The van der Waals surface area contributed by atoms with Crippen molar-refractivity contribution >= 4 is 5.91 Å². The predicted molar refractivity (Wildman–Crippen MR) is 83.3 cm³/mol. The lowest BCUT2D eigenvalue weighted by molar-refractivity contribution is 0.0533. The van der Waals surface area contributed by atoms with Gasteiger partial charge in [0.25, 0.3) is 5.91 Å². The monoisotopic (exact) mass is 314 g/mol. The summed E-state index contributed by atoms with van der Waals surface area (Å²) in [7, 11) is 0. The molecule has 1 aromatic carbocycles. The Morgan fingerprint density at radius 1 is 1.26 bits per heavy atom. The van der Waals surface area contributed by atoms with Gasteiger partial charge in [-0.3, -0.25) is 4.79 Å². The highest BCUT2D eigenvalue weighted by molar-refractivity contribution is 5.98. The van der Waals surface area contributed by atoms with Crippen LogP contribution in [-0.2, 0) is 0 Å². The molecule has 0 N–H and O–H groups in total. The number of hydrogen-bond acceptors (Lipinski definition) is 3. The third-order valence-electron chi connectivity index (χ3n) is 5.09. The van der Waals surface area contributed by atoms with Crippen molar-refractivity contribution in [3.05, 3.63) is 42.2 Å². The molecule has 2 unspecified atom stereocenters. The molecule has 2 atom stereocenters. The molecule has 4 nitrogen and oxygen atoms in total. The Morgan fingerprint density at radius 2 is 1.96 bits per heavy atom. The second-order valence-corrected chi connectivity index (χ2v) is 6.68. The van der Waals surface area contributed by atoms with Crippen molar-refractivity contribution in [2.45, 2.75) is 44.7 Å². The molecule has 120 valence electrons. The molecule has 0 radical (unpaired) electrons. The van der Waals surface area contributed by atoms with E-state index >= 15 is 0 Å². The Balaban J connectivity index is 1.69. The summed E-state index contributed by atoms with van der Waals surface area (Å²) in [6, 6.07) is 6.87. The SMILES string of the molecule is CC1CC2CCC(C1)N2C(=O)c1ncoc1-c1ccccc1F. The highest BCUT2D eigenvalue weighted by Crippen LogP contribution is 2.40. The van der Waals surface area contributed by atoms with E-state index < -0.39 is 5.82 Å². The van der Waals surface area contributed by atoms with E-state index in [4.69, 9.17) is 4.42 Å². The van der Waals surface area contributed by atoms with Crippen LogP contribution in [0.2, 0.25) is 0 Å². The van der Waals surface area contributed by atoms with Crippen LogP contribution in [0.1, 0.15) is 43.1 Å². The fraction of sp³-hybridized carbons (Fsp3) is 0.444. The Kier molecular flexibility index (Phi) is 3.43. The number of aromatic nitrogens is 1. The average Bonchev–Trinajstić information content (AvgIpc) is 3.11. The molecule has 0 spiro atoms. The first-order valence-electron chi connectivity index (χ1n) is 8.16. The molecular formula is C18H19FN2O2. The number of fused-ring (bicyclic) bond motifs is 2. The minimum Gasteiger partial charge on any atom is -0.443 e. The van der Waals surface area contributed by atoms with Crippen LogP contribution in [0.25, 0.3) is 11.3 Å². The second kappa shape index (κ2) is 5.48. The van der Waals surface area contributed by atoms with Crippen LogP contribution in [0.4, 0.5) is 4.39 Å². The van der Waals surface area contributed by atoms with Crippen molar-refractivity contribution in [3.8, 4) is 11.3 Å². The number of oxazole rings is 1. The number of amides is 1. The van der Waals surface area contributed by atoms with Gasteiger partial charge in [-0.1, -0.05) is 19.1 Å². The van der Waals surface area contributed by atoms with Crippen LogP contribution >= 0.6 is 0 Å². The molecule has 1 aromatic heterocycles. The highest BCUT2D eigenvalue weighted by atomic mass is 19.1. The first kappa shape index (κ1) is 14.4. The summed E-state index contributed by atoms with van der Waals surface area (Å²) in [6.07, 6.45) is 5.40. The second-order valence-electron chi connectivity index (χ2n) is 6.68. The van der Waals surface area contributed by atoms with Crippen LogP contribution in [-0.4, -0.2) is 27.9 Å². The Hall–Kier alpha value is -2.17. The van der Waals surface area contributed by atoms with Gasteiger partial charge in [0.2, 0.25) is 0 Å². The van der Waals surface area contributed by atoms with E-state index in [0.29, 0.717) is 5.92 Å². The zero-order valence-corrected chi connectivity index (χ0v) is 13.0. The summed E-state index contributed by atoms with van der Waals surface area (Å²) in [5.74, 6) is 0.343. The lowest BCUT2D eigenvalue weighted by atomic mass is 9.92. The van der Waals surface area contributed by atoms with Gasteiger partial charge in [-0.05, 0) is 43.7 Å². The lowest BCUT2D eigenvalue weighted by Crippen LogP contribution is -2.46. The average molecular weight is 314 g/mol. The zero-order valence-electron chi connectivity index (χ0n) is 13.0. The molecule has 23 heavy (non-hydrogen) atoms. The van der Waals surface area contributed by atoms with Crippen LogP contribution in [0.3, 0.4) is 0 Å². The Bertz CT molecular complexity index is 728. The molecular weight excluding hydrogens is 295 g/mol. The molecule has 3 heterocycles. The van der Waals surface area contributed by atoms with E-state index in [2.05, 4.69) is 11.9 Å². The molecule has 0 saturated carbocycles. The molecule has 2 aliphatic rings. The maximum atomic E-state index is 14.0. The van der Waals surface area contributed by atoms with E-state index in [-0.39, 0.29) is 35.0 Å². The van der Waals surface area contributed by atoms with Gasteiger partial charge in [0, 0.05) is 12.1 Å². The summed E-state index contributed by atoms with van der Waals surface area (Å²) in [6.45, 7) is 2.24. The van der Waals surface area contributed by atoms with Crippen molar-refractivity contribution in [3.63, 3.8) is 0 Å². The largest absolute Gasteiger partial charge is 0.443 e. The summed E-state index contributed by atoms with van der Waals surface area (Å²) in [5, 5.41) is 0. The fourth-order valence-corrected chi connectivity index (χ4v) is 4.14. The Morgan fingerprint density at radius 3 is 2.65 bits per heavy atom. The highest BCUT2D eigenvalue weighted by Gasteiger charge is 2.43. The van der Waals surface area contributed by atoms with E-state index in [1.165, 1.54) is 12.5 Å². The van der Waals surface area contributed by atoms with Gasteiger partial charge in [0.1, 0.15) is 5.82 Å². The normalized spacial score (nSPS) is 26.5. The first-order valence-corrected chi connectivity index (χ1v) is 8.16. The lowest BCUT2D eigenvalue weighted by Gasteiger charge is -2.37. The van der Waals surface area contributed by atoms with E-state index in [9.17, 15) is 9.18 Å². The third-order valence-corrected chi connectivity index (χ3v) is 5.09. The number of benzene rings is 1. The van der Waals surface area contributed by atoms with Gasteiger partial charge in [-0.15, -0.1) is 0 Å². The smallest absolute Gasteiger partial charge is 0.276 e. The van der Waals surface area contributed by atoms with E-state index in [1.54, 1.807) is 18.2 Å². The number of halogens is 1. The van der Waals surface area contributed by atoms with E-state index in [0.717, 1.165) is 25.7 Å². The van der Waals surface area contributed by atoms with Crippen LogP contribution in [0.5, 0.6) is 0 Å². The summed E-state index contributed by atoms with van der Waals surface area (Å²) >= 11 is 0. The molecule has 4 rings (SSSR count). The van der Waals surface area contributed by atoms with Crippen LogP contribution < -0.4 is 0 Å². The minimum atomic E-state index is -0.409. The molecule has 0 aliphatic carbocycles. The molecule has 1 amide bonds. The topological polar surface area (TPSA) is 46.3 Å². The van der Waals surface area contributed by atoms with Gasteiger partial charge >= 0.3 is 0 Å². The van der Waals surface area contributed by atoms with Gasteiger partial charge in [0.05, 0.1) is 5.56 Å². The number of rotatable bonds is 2. The number of carbonyl (C=O) groups is 1. The zero-order chi connectivity index (χ0) is 16.0. The predicted octanol–water partition coefficient (Wildman–Crippen LogP) is 3.88. The van der Waals surface area contributed by atoms with Crippen LogP contribution in [0.15, 0.2) is 35.1 Å². The first-order chi connectivity index (χ1) is 11.1. The molecule has 2 fully saturated rings. The van der Waals surface area contributed by atoms with Crippen molar-refractivity contribution in [1.82, 2.24) is 9.88 Å². The number of piperidine rings is 1. The van der Waals surface area contributed by atoms with Gasteiger partial charge < -0.3 is 9.32 Å². The molecule has 2 aromatic rings. The summed E-state index contributed by atoms with van der Waals surface area (Å²) in [5.41, 5.74) is 0.507. The van der Waals surface area contributed by atoms with Gasteiger partial charge in [0.15, 0.2) is 17.8 Å². The Labute approximate surface area is 134 Å². The standard InChI is InChI=1S/C18H19FN2O2/c1-11-8-12-6-7-13(9-11)21(12)18(22)16-17(23-10-20-16)14-4-2-3-5-15(14)19/h2-5,10-13H,6-9H2,1H3. The quantitative estimate of drug-likeness (QED) is 0.845. The van der Waals surface area contributed by atoms with Gasteiger partial charge in [-0.2, -0.15) is 0 Å². The third kappa shape index (κ3) is 2.35. The maximum absolute atomic E-state index is 14.0. The van der Waals surface area contributed by atoms with Crippen molar-refractivity contribution in [2.24, 2.45) is 5.92 Å². The van der Waals surface area contributed by atoms with E-state index in [1.807, 2.05) is 4.90 Å². The molecule has 2 bridgehead atoms.